The van der Waals surface area contributed by atoms with Crippen LogP contribution in [-0.2, 0) is 0 Å². The van der Waals surface area contributed by atoms with Gasteiger partial charge in [-0.1, -0.05) is 18.2 Å². The number of pyridine rings is 1. The fourth-order valence-corrected chi connectivity index (χ4v) is 1.90. The first kappa shape index (κ1) is 10.6. The van der Waals surface area contributed by atoms with Gasteiger partial charge in [0.2, 0.25) is 5.95 Å². The maximum absolute atomic E-state index is 5.56. The first-order chi connectivity index (χ1) is 8.74. The van der Waals surface area contributed by atoms with Crippen LogP contribution in [0.1, 0.15) is 5.56 Å². The van der Waals surface area contributed by atoms with Crippen molar-refractivity contribution in [3.63, 3.8) is 0 Å². The Balaban J connectivity index is 2.24. The second-order valence-corrected chi connectivity index (χ2v) is 4.01. The molecule has 1 aromatic carbocycles. The van der Waals surface area contributed by atoms with Crippen LogP contribution in [0.25, 0.3) is 22.4 Å². The van der Waals surface area contributed by atoms with Gasteiger partial charge in [0.25, 0.3) is 0 Å². The third-order valence-corrected chi connectivity index (χ3v) is 2.74. The summed E-state index contributed by atoms with van der Waals surface area (Å²) in [6, 6.07) is 9.93. The van der Waals surface area contributed by atoms with Crippen molar-refractivity contribution in [2.24, 2.45) is 0 Å². The molecule has 3 aromatic rings. The standard InChI is InChI=1S/C13H11N5/c1-8-6-11(12-15-7-16-13(14)18-12)17-10-5-3-2-4-9(8)10/h2-7H,1H3,(H2,14,15,16,18). The van der Waals surface area contributed by atoms with Gasteiger partial charge in [0, 0.05) is 5.39 Å². The van der Waals surface area contributed by atoms with Gasteiger partial charge in [-0.2, -0.15) is 4.98 Å². The van der Waals surface area contributed by atoms with Crippen molar-refractivity contribution in [1.29, 1.82) is 0 Å². The normalized spacial score (nSPS) is 10.7. The summed E-state index contributed by atoms with van der Waals surface area (Å²) in [4.78, 5) is 16.5. The number of nitrogens with zero attached hydrogens (tertiary/aromatic N) is 4. The number of rotatable bonds is 1. The van der Waals surface area contributed by atoms with Crippen LogP contribution in [0.15, 0.2) is 36.7 Å². The first-order valence-electron chi connectivity index (χ1n) is 5.55. The SMILES string of the molecule is Cc1cc(-c2ncnc(N)n2)nc2ccccc12. The Morgan fingerprint density at radius 3 is 2.72 bits per heavy atom. The Bertz CT molecular complexity index is 723. The van der Waals surface area contributed by atoms with Gasteiger partial charge in [-0.25, -0.2) is 15.0 Å². The lowest BCUT2D eigenvalue weighted by molar-refractivity contribution is 1.06. The molecule has 2 N–H and O–H groups in total. The van der Waals surface area contributed by atoms with E-state index < -0.39 is 0 Å². The summed E-state index contributed by atoms with van der Waals surface area (Å²) in [6.07, 6.45) is 1.39. The van der Waals surface area contributed by atoms with Crippen molar-refractivity contribution in [3.05, 3.63) is 42.2 Å². The summed E-state index contributed by atoms with van der Waals surface area (Å²) in [5, 5.41) is 1.13. The van der Waals surface area contributed by atoms with Crippen LogP contribution in [0.2, 0.25) is 0 Å². The molecule has 0 unspecified atom stereocenters. The van der Waals surface area contributed by atoms with Crippen LogP contribution in [0.4, 0.5) is 5.95 Å². The minimum atomic E-state index is 0.201. The molecule has 0 aliphatic rings. The number of hydrogen-bond acceptors (Lipinski definition) is 5. The number of nitrogens with two attached hydrogens (primary N) is 1. The highest BCUT2D eigenvalue weighted by molar-refractivity contribution is 5.84. The van der Waals surface area contributed by atoms with Crippen molar-refractivity contribution in [3.8, 4) is 11.5 Å². The quantitative estimate of drug-likeness (QED) is 0.700. The van der Waals surface area contributed by atoms with E-state index in [2.05, 4.69) is 19.9 Å². The fourth-order valence-electron chi connectivity index (χ4n) is 1.90. The number of fused-ring (bicyclic) bond motifs is 1. The fraction of sp³-hybridized carbons (Fsp3) is 0.0769. The maximum atomic E-state index is 5.56. The molecule has 5 heteroatoms. The molecule has 0 amide bonds. The van der Waals surface area contributed by atoms with Crippen molar-refractivity contribution >= 4 is 16.9 Å². The molecule has 2 aromatic heterocycles. The lowest BCUT2D eigenvalue weighted by Crippen LogP contribution is -1.99. The average Bonchev–Trinajstić information content (AvgIpc) is 2.39. The molecule has 0 spiro atoms. The lowest BCUT2D eigenvalue weighted by atomic mass is 10.1. The number of aryl methyl sites for hydroxylation is 1. The number of nitrogen functional groups attached to an aromatic ring is 1. The summed E-state index contributed by atoms with van der Waals surface area (Å²) >= 11 is 0. The van der Waals surface area contributed by atoms with E-state index in [9.17, 15) is 0 Å². The van der Waals surface area contributed by atoms with Gasteiger partial charge in [0.15, 0.2) is 5.82 Å². The monoisotopic (exact) mass is 237 g/mol. The molecule has 0 saturated carbocycles. The van der Waals surface area contributed by atoms with Crippen LogP contribution in [0, 0.1) is 6.92 Å². The smallest absolute Gasteiger partial charge is 0.223 e. The van der Waals surface area contributed by atoms with Crippen LogP contribution in [-0.4, -0.2) is 19.9 Å². The van der Waals surface area contributed by atoms with Gasteiger partial charge in [-0.3, -0.25) is 0 Å². The second kappa shape index (κ2) is 4.03. The molecule has 18 heavy (non-hydrogen) atoms. The van der Waals surface area contributed by atoms with Crippen LogP contribution in [0.5, 0.6) is 0 Å². The number of hydrogen-bond donors (Lipinski definition) is 1. The summed E-state index contributed by atoms with van der Waals surface area (Å²) in [5.41, 5.74) is 8.32. The van der Waals surface area contributed by atoms with Gasteiger partial charge in [-0.05, 0) is 24.6 Å². The van der Waals surface area contributed by atoms with Gasteiger partial charge in [0.05, 0.1) is 5.52 Å². The van der Waals surface area contributed by atoms with Crippen molar-refractivity contribution in [2.75, 3.05) is 5.73 Å². The van der Waals surface area contributed by atoms with E-state index in [1.165, 1.54) is 6.33 Å². The van der Waals surface area contributed by atoms with Gasteiger partial charge in [-0.15, -0.1) is 0 Å². The molecular weight excluding hydrogens is 226 g/mol. The number of aromatic nitrogens is 4. The second-order valence-electron chi connectivity index (χ2n) is 4.01. The number of para-hydroxylation sites is 1. The summed E-state index contributed by atoms with van der Waals surface area (Å²) in [5.74, 6) is 0.698. The van der Waals surface area contributed by atoms with Gasteiger partial charge < -0.3 is 5.73 Å². The van der Waals surface area contributed by atoms with E-state index in [4.69, 9.17) is 5.73 Å². The van der Waals surface area contributed by atoms with Gasteiger partial charge in [0.1, 0.15) is 12.0 Å². The molecule has 88 valence electrons. The predicted octanol–water partition coefficient (Wildman–Crippen LogP) is 1.98. The highest BCUT2D eigenvalue weighted by Gasteiger charge is 2.07. The zero-order valence-electron chi connectivity index (χ0n) is 9.83. The summed E-state index contributed by atoms with van der Waals surface area (Å²) in [6.45, 7) is 2.04. The predicted molar refractivity (Wildman–Crippen MR) is 69.7 cm³/mol. The van der Waals surface area contributed by atoms with Crippen LogP contribution >= 0.6 is 0 Å². The van der Waals surface area contributed by atoms with E-state index in [0.717, 1.165) is 16.5 Å². The Kier molecular flexibility index (Phi) is 2.37. The van der Waals surface area contributed by atoms with E-state index >= 15 is 0 Å². The Morgan fingerprint density at radius 2 is 1.89 bits per heavy atom. The minimum absolute atomic E-state index is 0.201. The Morgan fingerprint density at radius 1 is 1.06 bits per heavy atom. The molecule has 0 saturated heterocycles. The minimum Gasteiger partial charge on any atom is -0.368 e. The molecule has 3 rings (SSSR count). The third kappa shape index (κ3) is 1.75. The molecule has 0 fully saturated rings. The molecular formula is C13H11N5. The van der Waals surface area contributed by atoms with E-state index in [0.29, 0.717) is 11.5 Å². The molecule has 5 nitrogen and oxygen atoms in total. The number of anilines is 1. The molecule has 0 aliphatic heterocycles. The number of benzene rings is 1. The molecule has 0 atom stereocenters. The summed E-state index contributed by atoms with van der Waals surface area (Å²) < 4.78 is 0. The van der Waals surface area contributed by atoms with E-state index in [-0.39, 0.29) is 5.95 Å². The molecule has 2 heterocycles. The van der Waals surface area contributed by atoms with Crippen molar-refractivity contribution in [1.82, 2.24) is 19.9 Å². The van der Waals surface area contributed by atoms with Crippen molar-refractivity contribution in [2.45, 2.75) is 6.92 Å². The zero-order valence-corrected chi connectivity index (χ0v) is 9.83. The maximum Gasteiger partial charge on any atom is 0.223 e. The van der Waals surface area contributed by atoms with E-state index in [1.54, 1.807) is 0 Å². The zero-order chi connectivity index (χ0) is 12.5. The third-order valence-electron chi connectivity index (χ3n) is 2.74. The molecule has 0 bridgehead atoms. The van der Waals surface area contributed by atoms with Crippen LogP contribution in [0.3, 0.4) is 0 Å². The Hall–Kier alpha value is -2.56. The summed E-state index contributed by atoms with van der Waals surface area (Å²) in [7, 11) is 0. The topological polar surface area (TPSA) is 77.6 Å². The first-order valence-corrected chi connectivity index (χ1v) is 5.55. The Labute approximate surface area is 104 Å². The highest BCUT2D eigenvalue weighted by atomic mass is 15.1. The molecule has 0 aliphatic carbocycles. The highest BCUT2D eigenvalue weighted by Crippen LogP contribution is 2.21. The van der Waals surface area contributed by atoms with Crippen molar-refractivity contribution < 1.29 is 0 Å². The lowest BCUT2D eigenvalue weighted by Gasteiger charge is -2.05. The molecule has 0 radical (unpaired) electrons. The van der Waals surface area contributed by atoms with Crippen LogP contribution < -0.4 is 5.73 Å². The van der Waals surface area contributed by atoms with E-state index in [1.807, 2.05) is 37.3 Å². The average molecular weight is 237 g/mol. The van der Waals surface area contributed by atoms with Gasteiger partial charge >= 0.3 is 0 Å². The largest absolute Gasteiger partial charge is 0.368 e.